The van der Waals surface area contributed by atoms with Gasteiger partial charge < -0.3 is 10.6 Å². The van der Waals surface area contributed by atoms with E-state index >= 15 is 0 Å². The summed E-state index contributed by atoms with van der Waals surface area (Å²) in [5.74, 6) is 0.380. The Morgan fingerprint density at radius 1 is 1.58 bits per heavy atom. The smallest absolute Gasteiger partial charge is 0.263 e. The fourth-order valence-corrected chi connectivity index (χ4v) is 0.650. The van der Waals surface area contributed by atoms with Crippen molar-refractivity contribution in [3.05, 3.63) is 0 Å². The predicted molar refractivity (Wildman–Crippen MR) is 41.4 cm³/mol. The van der Waals surface area contributed by atoms with Gasteiger partial charge in [0.1, 0.15) is 0 Å². The topological polar surface area (TPSA) is 95.6 Å². The first kappa shape index (κ1) is 8.44. The van der Waals surface area contributed by atoms with Crippen LogP contribution in [0.25, 0.3) is 0 Å². The average molecular weight is 170 g/mol. The molecule has 0 saturated heterocycles. The molecule has 7 heteroatoms. The molecule has 1 aromatic heterocycles. The lowest BCUT2D eigenvalue weighted by Gasteiger charge is -2.00. The number of carbonyl (C=O) groups excluding carboxylic acids is 1. The van der Waals surface area contributed by atoms with Gasteiger partial charge in [-0.25, -0.2) is 0 Å². The highest BCUT2D eigenvalue weighted by Gasteiger charge is 1.94. The number of anilines is 1. The van der Waals surface area contributed by atoms with Gasteiger partial charge in [-0.1, -0.05) is 5.10 Å². The molecule has 0 unspecified atom stereocenters. The molecule has 7 nitrogen and oxygen atoms in total. The van der Waals surface area contributed by atoms with Gasteiger partial charge in [-0.05, 0) is 5.21 Å². The van der Waals surface area contributed by atoms with Crippen LogP contribution in [-0.4, -0.2) is 39.6 Å². The van der Waals surface area contributed by atoms with E-state index in [0.717, 1.165) is 0 Å². The fraction of sp³-hybridized carbons (Fsp3) is 0.600. The Bertz CT molecular complexity index is 232. The van der Waals surface area contributed by atoms with E-state index in [2.05, 4.69) is 31.3 Å². The van der Waals surface area contributed by atoms with Crippen LogP contribution in [0.1, 0.15) is 6.92 Å². The highest BCUT2D eigenvalue weighted by Crippen LogP contribution is 1.86. The standard InChI is InChI=1S/C5H10N6O/c1-4(12)6-2-3-7-5-8-10-11-9-5/h2-3H2,1H3,(H,6,12)(H2,7,8,9,10,11). The van der Waals surface area contributed by atoms with Crippen molar-refractivity contribution in [3.8, 4) is 0 Å². The molecule has 0 spiro atoms. The Kier molecular flexibility index (Phi) is 3.00. The molecule has 0 bridgehead atoms. The second kappa shape index (κ2) is 4.27. The Hall–Kier alpha value is -1.66. The number of tetrazole rings is 1. The summed E-state index contributed by atoms with van der Waals surface area (Å²) < 4.78 is 0. The summed E-state index contributed by atoms with van der Waals surface area (Å²) in [7, 11) is 0. The third kappa shape index (κ3) is 2.95. The number of nitrogens with zero attached hydrogens (tertiary/aromatic N) is 3. The van der Waals surface area contributed by atoms with Gasteiger partial charge in [0.25, 0.3) is 5.95 Å². The molecule has 3 N–H and O–H groups in total. The van der Waals surface area contributed by atoms with Crippen molar-refractivity contribution < 1.29 is 4.79 Å². The van der Waals surface area contributed by atoms with E-state index < -0.39 is 0 Å². The van der Waals surface area contributed by atoms with Gasteiger partial charge in [0.2, 0.25) is 5.91 Å². The molecule has 1 aromatic rings. The van der Waals surface area contributed by atoms with Crippen molar-refractivity contribution in [2.75, 3.05) is 18.4 Å². The van der Waals surface area contributed by atoms with Crippen LogP contribution in [0.3, 0.4) is 0 Å². The number of amides is 1. The third-order valence-corrected chi connectivity index (χ3v) is 1.13. The maximum atomic E-state index is 10.4. The van der Waals surface area contributed by atoms with Gasteiger partial charge in [0, 0.05) is 20.0 Å². The monoisotopic (exact) mass is 170 g/mol. The zero-order valence-corrected chi connectivity index (χ0v) is 6.66. The number of nitrogens with one attached hydrogen (secondary N) is 3. The predicted octanol–water partition coefficient (Wildman–Crippen LogP) is -1.25. The van der Waals surface area contributed by atoms with Crippen LogP contribution in [0, 0.1) is 0 Å². The van der Waals surface area contributed by atoms with E-state index in [-0.39, 0.29) is 5.91 Å². The average Bonchev–Trinajstić information content (AvgIpc) is 2.49. The fourth-order valence-electron chi connectivity index (χ4n) is 0.650. The SMILES string of the molecule is CC(=O)NCCNc1nn[nH]n1. The van der Waals surface area contributed by atoms with Crippen LogP contribution in [0.2, 0.25) is 0 Å². The zero-order valence-electron chi connectivity index (χ0n) is 6.66. The summed E-state index contributed by atoms with van der Waals surface area (Å²) in [6.07, 6.45) is 0. The maximum Gasteiger partial charge on any atom is 0.263 e. The number of aromatic nitrogens is 4. The number of rotatable bonds is 4. The second-order valence-electron chi connectivity index (χ2n) is 2.15. The highest BCUT2D eigenvalue weighted by molar-refractivity contribution is 5.72. The largest absolute Gasteiger partial charge is 0.355 e. The molecule has 0 saturated carbocycles. The highest BCUT2D eigenvalue weighted by atomic mass is 16.1. The Morgan fingerprint density at radius 2 is 2.42 bits per heavy atom. The zero-order chi connectivity index (χ0) is 8.81. The molecule has 66 valence electrons. The molecule has 1 amide bonds. The summed E-state index contributed by atoms with van der Waals surface area (Å²) in [4.78, 5) is 10.4. The first-order valence-electron chi connectivity index (χ1n) is 3.51. The molecule has 0 fully saturated rings. The normalized spacial score (nSPS) is 9.42. The number of hydrogen-bond donors (Lipinski definition) is 3. The number of hydrogen-bond acceptors (Lipinski definition) is 5. The van der Waals surface area contributed by atoms with Crippen LogP contribution >= 0.6 is 0 Å². The molecule has 1 rings (SSSR count). The number of carbonyl (C=O) groups is 1. The summed E-state index contributed by atoms with van der Waals surface area (Å²) >= 11 is 0. The van der Waals surface area contributed by atoms with Crippen LogP contribution in [0.15, 0.2) is 0 Å². The summed E-state index contributed by atoms with van der Waals surface area (Å²) in [5, 5.41) is 18.4. The van der Waals surface area contributed by atoms with Gasteiger partial charge in [-0.3, -0.25) is 4.79 Å². The van der Waals surface area contributed by atoms with Gasteiger partial charge in [0.15, 0.2) is 0 Å². The molecular weight excluding hydrogens is 160 g/mol. The lowest BCUT2D eigenvalue weighted by molar-refractivity contribution is -0.118. The van der Waals surface area contributed by atoms with E-state index in [0.29, 0.717) is 19.0 Å². The summed E-state index contributed by atoms with van der Waals surface area (Å²) in [6, 6.07) is 0. The van der Waals surface area contributed by atoms with E-state index in [4.69, 9.17) is 0 Å². The first-order chi connectivity index (χ1) is 5.79. The Balaban J connectivity index is 2.07. The minimum Gasteiger partial charge on any atom is -0.355 e. The van der Waals surface area contributed by atoms with Crippen LogP contribution in [-0.2, 0) is 4.79 Å². The quantitative estimate of drug-likeness (QED) is 0.490. The van der Waals surface area contributed by atoms with Crippen molar-refractivity contribution >= 4 is 11.9 Å². The van der Waals surface area contributed by atoms with Gasteiger partial charge in [-0.2, -0.15) is 5.21 Å². The van der Waals surface area contributed by atoms with Crippen LogP contribution < -0.4 is 10.6 Å². The Morgan fingerprint density at radius 3 is 3.00 bits per heavy atom. The molecule has 0 aliphatic heterocycles. The molecule has 0 aliphatic rings. The lowest BCUT2D eigenvalue weighted by atomic mass is 10.6. The molecule has 1 heterocycles. The number of aromatic amines is 1. The molecule has 0 radical (unpaired) electrons. The van der Waals surface area contributed by atoms with Crippen molar-refractivity contribution in [2.24, 2.45) is 0 Å². The Labute approximate surface area is 68.9 Å². The third-order valence-electron chi connectivity index (χ3n) is 1.13. The first-order valence-corrected chi connectivity index (χ1v) is 3.51. The molecule has 0 aliphatic carbocycles. The summed E-state index contributed by atoms with van der Waals surface area (Å²) in [5.41, 5.74) is 0. The molecule has 0 atom stereocenters. The van der Waals surface area contributed by atoms with Gasteiger partial charge in [-0.15, -0.1) is 5.10 Å². The lowest BCUT2D eigenvalue weighted by Crippen LogP contribution is -2.26. The van der Waals surface area contributed by atoms with Crippen molar-refractivity contribution in [2.45, 2.75) is 6.92 Å². The van der Waals surface area contributed by atoms with E-state index in [1.54, 1.807) is 0 Å². The minimum atomic E-state index is -0.0510. The van der Waals surface area contributed by atoms with Crippen molar-refractivity contribution in [1.82, 2.24) is 25.9 Å². The van der Waals surface area contributed by atoms with Gasteiger partial charge in [0.05, 0.1) is 0 Å². The maximum absolute atomic E-state index is 10.4. The van der Waals surface area contributed by atoms with E-state index in [1.807, 2.05) is 0 Å². The molecule has 12 heavy (non-hydrogen) atoms. The number of H-pyrrole nitrogens is 1. The second-order valence-corrected chi connectivity index (χ2v) is 2.15. The van der Waals surface area contributed by atoms with Crippen LogP contribution in [0.4, 0.5) is 5.95 Å². The minimum absolute atomic E-state index is 0.0510. The van der Waals surface area contributed by atoms with E-state index in [9.17, 15) is 4.79 Å². The van der Waals surface area contributed by atoms with Gasteiger partial charge >= 0.3 is 0 Å². The van der Waals surface area contributed by atoms with Crippen LogP contribution in [0.5, 0.6) is 0 Å². The molecular formula is C5H10N6O. The van der Waals surface area contributed by atoms with E-state index in [1.165, 1.54) is 6.92 Å². The summed E-state index contributed by atoms with van der Waals surface area (Å²) in [6.45, 7) is 2.59. The van der Waals surface area contributed by atoms with Crippen molar-refractivity contribution in [3.63, 3.8) is 0 Å². The van der Waals surface area contributed by atoms with Crippen molar-refractivity contribution in [1.29, 1.82) is 0 Å². The molecule has 0 aromatic carbocycles.